The van der Waals surface area contributed by atoms with Crippen molar-refractivity contribution in [2.75, 3.05) is 11.9 Å². The van der Waals surface area contributed by atoms with E-state index < -0.39 is 18.3 Å². The molecule has 18 heavy (non-hydrogen) atoms. The molecule has 94 valence electrons. The Morgan fingerprint density at radius 3 is 2.17 bits per heavy atom. The molecule has 0 aliphatic rings. The van der Waals surface area contributed by atoms with Gasteiger partial charge in [0.15, 0.2) is 0 Å². The highest BCUT2D eigenvalue weighted by atomic mass is 19.3. The summed E-state index contributed by atoms with van der Waals surface area (Å²) in [5, 5.41) is 2.43. The van der Waals surface area contributed by atoms with E-state index in [4.69, 9.17) is 0 Å². The van der Waals surface area contributed by atoms with Gasteiger partial charge in [-0.25, -0.2) is 4.39 Å². The van der Waals surface area contributed by atoms with Gasteiger partial charge in [0.1, 0.15) is 5.82 Å². The van der Waals surface area contributed by atoms with Gasteiger partial charge in [0.2, 0.25) is 0 Å². The van der Waals surface area contributed by atoms with E-state index in [1.807, 2.05) is 0 Å². The minimum atomic E-state index is -3.04. The number of hydrogen-bond donors (Lipinski definition) is 1. The molecule has 0 fully saturated rings. The van der Waals surface area contributed by atoms with Crippen LogP contribution in [0.4, 0.5) is 18.9 Å². The Kier molecular flexibility index (Phi) is 3.55. The molecule has 2 aromatic carbocycles. The molecule has 0 radical (unpaired) electrons. The minimum Gasteiger partial charge on any atom is -0.376 e. The van der Waals surface area contributed by atoms with Crippen LogP contribution in [0, 0.1) is 5.82 Å². The van der Waals surface area contributed by atoms with E-state index in [1.165, 1.54) is 30.3 Å². The van der Waals surface area contributed by atoms with Gasteiger partial charge in [0, 0.05) is 5.56 Å². The third-order valence-electron chi connectivity index (χ3n) is 2.57. The first kappa shape index (κ1) is 12.5. The summed E-state index contributed by atoms with van der Waals surface area (Å²) in [5.41, 5.74) is -0.0121. The molecule has 0 heterocycles. The standard InChI is InChI=1S/C14H12F3N/c15-12-8-4-5-9-13(12)18-10-14(16,17)11-6-2-1-3-7-11/h1-9,18H,10H2. The Bertz CT molecular complexity index is 511. The first-order valence-electron chi connectivity index (χ1n) is 5.51. The Labute approximate surface area is 103 Å². The fourth-order valence-corrected chi connectivity index (χ4v) is 1.59. The Balaban J connectivity index is 2.08. The van der Waals surface area contributed by atoms with Gasteiger partial charge >= 0.3 is 0 Å². The summed E-state index contributed by atoms with van der Waals surface area (Å²) in [4.78, 5) is 0. The van der Waals surface area contributed by atoms with Crippen molar-refractivity contribution < 1.29 is 13.2 Å². The average molecular weight is 251 g/mol. The molecule has 0 atom stereocenters. The highest BCUT2D eigenvalue weighted by molar-refractivity contribution is 5.44. The van der Waals surface area contributed by atoms with Crippen molar-refractivity contribution in [3.63, 3.8) is 0 Å². The second kappa shape index (κ2) is 5.12. The summed E-state index contributed by atoms with van der Waals surface area (Å²) in [6.07, 6.45) is 0. The first-order chi connectivity index (χ1) is 8.59. The molecular weight excluding hydrogens is 239 g/mol. The fourth-order valence-electron chi connectivity index (χ4n) is 1.59. The highest BCUT2D eigenvalue weighted by Gasteiger charge is 2.31. The van der Waals surface area contributed by atoms with Crippen molar-refractivity contribution in [1.82, 2.24) is 0 Å². The third-order valence-corrected chi connectivity index (χ3v) is 2.57. The van der Waals surface area contributed by atoms with Crippen LogP contribution in [0.1, 0.15) is 5.56 Å². The number of benzene rings is 2. The zero-order valence-corrected chi connectivity index (χ0v) is 9.54. The second-order valence-corrected chi connectivity index (χ2v) is 3.90. The molecule has 0 saturated carbocycles. The molecule has 0 unspecified atom stereocenters. The lowest BCUT2D eigenvalue weighted by atomic mass is 10.1. The second-order valence-electron chi connectivity index (χ2n) is 3.90. The number of nitrogens with one attached hydrogen (secondary N) is 1. The predicted molar refractivity (Wildman–Crippen MR) is 65.2 cm³/mol. The molecule has 0 saturated heterocycles. The van der Waals surface area contributed by atoms with Gasteiger partial charge in [-0.2, -0.15) is 8.78 Å². The molecule has 0 aromatic heterocycles. The third kappa shape index (κ3) is 2.83. The normalized spacial score (nSPS) is 11.3. The summed E-state index contributed by atoms with van der Waals surface area (Å²) >= 11 is 0. The molecule has 4 heteroatoms. The zero-order valence-electron chi connectivity index (χ0n) is 9.54. The Morgan fingerprint density at radius 1 is 0.889 bits per heavy atom. The van der Waals surface area contributed by atoms with E-state index in [-0.39, 0.29) is 11.3 Å². The van der Waals surface area contributed by atoms with Crippen LogP contribution in [-0.2, 0) is 5.92 Å². The van der Waals surface area contributed by atoms with Gasteiger partial charge in [0.05, 0.1) is 12.2 Å². The number of para-hydroxylation sites is 1. The lowest BCUT2D eigenvalue weighted by molar-refractivity contribution is 0.0106. The Morgan fingerprint density at radius 2 is 1.50 bits per heavy atom. The van der Waals surface area contributed by atoms with E-state index >= 15 is 0 Å². The molecule has 0 bridgehead atoms. The van der Waals surface area contributed by atoms with Crippen LogP contribution >= 0.6 is 0 Å². The van der Waals surface area contributed by atoms with Crippen molar-refractivity contribution in [3.8, 4) is 0 Å². The van der Waals surface area contributed by atoms with Crippen LogP contribution in [-0.4, -0.2) is 6.54 Å². The fraction of sp³-hybridized carbons (Fsp3) is 0.143. The van der Waals surface area contributed by atoms with Crippen LogP contribution in [0.3, 0.4) is 0 Å². The van der Waals surface area contributed by atoms with E-state index in [2.05, 4.69) is 5.32 Å². The number of anilines is 1. The van der Waals surface area contributed by atoms with Crippen molar-refractivity contribution in [2.24, 2.45) is 0 Å². The molecule has 0 aliphatic carbocycles. The number of hydrogen-bond acceptors (Lipinski definition) is 1. The summed E-state index contributed by atoms with van der Waals surface area (Å²) in [6, 6.07) is 13.2. The van der Waals surface area contributed by atoms with Crippen molar-refractivity contribution in [3.05, 3.63) is 66.0 Å². The molecular formula is C14H12F3N. The summed E-state index contributed by atoms with van der Waals surface area (Å²) in [7, 11) is 0. The molecule has 0 amide bonds. The minimum absolute atomic E-state index is 0.0770. The summed E-state index contributed by atoms with van der Waals surface area (Å²) in [6.45, 7) is -0.641. The van der Waals surface area contributed by atoms with Gasteiger partial charge in [0.25, 0.3) is 5.92 Å². The van der Waals surface area contributed by atoms with Crippen molar-refractivity contribution in [2.45, 2.75) is 5.92 Å². The highest BCUT2D eigenvalue weighted by Crippen LogP contribution is 2.28. The first-order valence-corrected chi connectivity index (χ1v) is 5.51. The molecule has 0 spiro atoms. The maximum Gasteiger partial charge on any atom is 0.290 e. The van der Waals surface area contributed by atoms with Crippen LogP contribution in [0.15, 0.2) is 54.6 Å². The molecule has 1 N–H and O–H groups in total. The maximum atomic E-state index is 13.8. The largest absolute Gasteiger partial charge is 0.376 e. The van der Waals surface area contributed by atoms with E-state index in [0.717, 1.165) is 0 Å². The average Bonchev–Trinajstić information content (AvgIpc) is 2.39. The van der Waals surface area contributed by atoms with E-state index in [1.54, 1.807) is 24.3 Å². The number of rotatable bonds is 4. The lowest BCUT2D eigenvalue weighted by Crippen LogP contribution is -2.24. The van der Waals surface area contributed by atoms with Gasteiger partial charge in [-0.15, -0.1) is 0 Å². The van der Waals surface area contributed by atoms with Crippen LogP contribution < -0.4 is 5.32 Å². The van der Waals surface area contributed by atoms with Crippen LogP contribution in [0.25, 0.3) is 0 Å². The predicted octanol–water partition coefficient (Wildman–Crippen LogP) is 4.03. The zero-order chi connectivity index (χ0) is 13.0. The van der Waals surface area contributed by atoms with Gasteiger partial charge in [-0.05, 0) is 12.1 Å². The van der Waals surface area contributed by atoms with E-state index in [0.29, 0.717) is 0 Å². The Hall–Kier alpha value is -1.97. The lowest BCUT2D eigenvalue weighted by Gasteiger charge is -2.18. The van der Waals surface area contributed by atoms with Crippen molar-refractivity contribution >= 4 is 5.69 Å². The maximum absolute atomic E-state index is 13.8. The van der Waals surface area contributed by atoms with Crippen molar-refractivity contribution in [1.29, 1.82) is 0 Å². The number of halogens is 3. The monoisotopic (exact) mass is 251 g/mol. The molecule has 2 rings (SSSR count). The number of alkyl halides is 2. The SMILES string of the molecule is Fc1ccccc1NCC(F)(F)c1ccccc1. The topological polar surface area (TPSA) is 12.0 Å². The quantitative estimate of drug-likeness (QED) is 0.865. The molecule has 1 nitrogen and oxygen atoms in total. The van der Waals surface area contributed by atoms with Gasteiger partial charge in [-0.3, -0.25) is 0 Å². The van der Waals surface area contributed by atoms with Gasteiger partial charge in [-0.1, -0.05) is 42.5 Å². The molecule has 0 aliphatic heterocycles. The molecule has 2 aromatic rings. The van der Waals surface area contributed by atoms with E-state index in [9.17, 15) is 13.2 Å². The van der Waals surface area contributed by atoms with Gasteiger partial charge < -0.3 is 5.32 Å². The summed E-state index contributed by atoms with van der Waals surface area (Å²) in [5.74, 6) is -3.58. The summed E-state index contributed by atoms with van der Waals surface area (Å²) < 4.78 is 40.8. The van der Waals surface area contributed by atoms with Crippen LogP contribution in [0.2, 0.25) is 0 Å². The smallest absolute Gasteiger partial charge is 0.290 e. The van der Waals surface area contributed by atoms with Crippen LogP contribution in [0.5, 0.6) is 0 Å².